The van der Waals surface area contributed by atoms with Crippen molar-refractivity contribution in [3.8, 4) is 0 Å². The van der Waals surface area contributed by atoms with Gasteiger partial charge in [-0.1, -0.05) is 24.3 Å². The Kier molecular flexibility index (Phi) is 3.70. The zero-order valence-electron chi connectivity index (χ0n) is 9.16. The Morgan fingerprint density at radius 3 is 2.81 bits per heavy atom. The Balaban J connectivity index is 1.92. The van der Waals surface area contributed by atoms with Gasteiger partial charge in [0.2, 0.25) is 0 Å². The zero-order chi connectivity index (χ0) is 11.4. The van der Waals surface area contributed by atoms with Crippen LogP contribution in [0.1, 0.15) is 16.0 Å². The third-order valence-corrected chi connectivity index (χ3v) is 3.34. The summed E-state index contributed by atoms with van der Waals surface area (Å²) in [6.45, 7) is 3.16. The van der Waals surface area contributed by atoms with Gasteiger partial charge in [-0.15, -0.1) is 11.3 Å². The Labute approximate surface area is 98.9 Å². The summed E-state index contributed by atoms with van der Waals surface area (Å²) in [6.07, 6.45) is 0. The van der Waals surface area contributed by atoms with Crippen LogP contribution in [-0.2, 0) is 13.1 Å². The molecule has 1 aromatic heterocycles. The van der Waals surface area contributed by atoms with Gasteiger partial charge in [0.15, 0.2) is 0 Å². The van der Waals surface area contributed by atoms with Crippen LogP contribution in [0, 0.1) is 12.7 Å². The number of benzene rings is 1. The molecule has 0 aliphatic carbocycles. The molecular formula is C13H14FNS. The second-order valence-electron chi connectivity index (χ2n) is 3.73. The van der Waals surface area contributed by atoms with Crippen molar-refractivity contribution in [2.75, 3.05) is 0 Å². The second-order valence-corrected chi connectivity index (χ2v) is 4.76. The van der Waals surface area contributed by atoms with E-state index in [2.05, 4.69) is 11.4 Å². The maximum Gasteiger partial charge on any atom is 0.130 e. The maximum absolute atomic E-state index is 13.6. The highest BCUT2D eigenvalue weighted by Gasteiger charge is 2.03. The minimum Gasteiger partial charge on any atom is -0.308 e. The molecule has 0 atom stereocenters. The molecule has 1 heterocycles. The lowest BCUT2D eigenvalue weighted by Crippen LogP contribution is -2.13. The highest BCUT2D eigenvalue weighted by atomic mass is 32.1. The van der Waals surface area contributed by atoms with E-state index in [0.29, 0.717) is 12.1 Å². The average molecular weight is 235 g/mol. The minimum absolute atomic E-state index is 0.0961. The van der Waals surface area contributed by atoms with Crippen LogP contribution in [0.4, 0.5) is 4.39 Å². The minimum atomic E-state index is -0.0961. The van der Waals surface area contributed by atoms with Crippen LogP contribution in [0.3, 0.4) is 0 Å². The molecule has 84 valence electrons. The van der Waals surface area contributed by atoms with Crippen molar-refractivity contribution in [2.45, 2.75) is 20.0 Å². The molecule has 2 aromatic rings. The van der Waals surface area contributed by atoms with Crippen molar-refractivity contribution in [1.29, 1.82) is 0 Å². The van der Waals surface area contributed by atoms with Gasteiger partial charge in [0, 0.05) is 23.5 Å². The van der Waals surface area contributed by atoms with Gasteiger partial charge in [0.05, 0.1) is 0 Å². The predicted molar refractivity (Wildman–Crippen MR) is 66.0 cm³/mol. The van der Waals surface area contributed by atoms with Gasteiger partial charge in [-0.3, -0.25) is 0 Å². The number of aryl methyl sites for hydroxylation is 1. The Hall–Kier alpha value is -1.19. The Bertz CT molecular complexity index is 451. The molecule has 3 heteroatoms. The summed E-state index contributed by atoms with van der Waals surface area (Å²) in [6, 6.07) is 9.60. The van der Waals surface area contributed by atoms with Crippen LogP contribution < -0.4 is 5.32 Å². The normalized spacial score (nSPS) is 10.6. The monoisotopic (exact) mass is 235 g/mol. The van der Waals surface area contributed by atoms with E-state index in [1.54, 1.807) is 24.3 Å². The molecule has 0 spiro atoms. The molecule has 16 heavy (non-hydrogen) atoms. The third-order valence-electron chi connectivity index (χ3n) is 2.47. The molecule has 0 saturated heterocycles. The van der Waals surface area contributed by atoms with E-state index in [0.717, 1.165) is 12.1 Å². The lowest BCUT2D eigenvalue weighted by Gasteiger charge is -2.06. The van der Waals surface area contributed by atoms with E-state index in [-0.39, 0.29) is 5.82 Å². The van der Waals surface area contributed by atoms with Crippen LogP contribution >= 0.6 is 11.3 Å². The molecule has 1 N–H and O–H groups in total. The number of halogens is 1. The lowest BCUT2D eigenvalue weighted by atomic mass is 10.1. The molecule has 0 bridgehead atoms. The van der Waals surface area contributed by atoms with E-state index in [1.807, 2.05) is 23.6 Å². The first-order valence-electron chi connectivity index (χ1n) is 5.24. The third kappa shape index (κ3) is 2.68. The van der Waals surface area contributed by atoms with Crippen LogP contribution in [0.2, 0.25) is 0 Å². The Morgan fingerprint density at radius 1 is 1.19 bits per heavy atom. The van der Waals surface area contributed by atoms with Crippen LogP contribution in [0.15, 0.2) is 35.7 Å². The van der Waals surface area contributed by atoms with Crippen molar-refractivity contribution in [2.24, 2.45) is 0 Å². The van der Waals surface area contributed by atoms with Crippen molar-refractivity contribution >= 4 is 11.3 Å². The summed E-state index contributed by atoms with van der Waals surface area (Å²) in [7, 11) is 0. The van der Waals surface area contributed by atoms with E-state index in [1.165, 1.54) is 4.88 Å². The molecule has 1 aromatic carbocycles. The molecule has 0 amide bonds. The predicted octanol–water partition coefficient (Wildman–Crippen LogP) is 3.49. The van der Waals surface area contributed by atoms with Gasteiger partial charge < -0.3 is 5.32 Å². The molecule has 0 aliphatic rings. The average Bonchev–Trinajstić information content (AvgIpc) is 2.77. The fourth-order valence-electron chi connectivity index (χ4n) is 1.58. The molecular weight excluding hydrogens is 221 g/mol. The van der Waals surface area contributed by atoms with Gasteiger partial charge in [0.25, 0.3) is 0 Å². The van der Waals surface area contributed by atoms with Gasteiger partial charge >= 0.3 is 0 Å². The van der Waals surface area contributed by atoms with Crippen molar-refractivity contribution in [1.82, 2.24) is 5.32 Å². The number of thiophene rings is 1. The summed E-state index contributed by atoms with van der Waals surface area (Å²) in [5, 5.41) is 5.29. The lowest BCUT2D eigenvalue weighted by molar-refractivity contribution is 0.581. The van der Waals surface area contributed by atoms with Gasteiger partial charge in [-0.25, -0.2) is 4.39 Å². The Morgan fingerprint density at radius 2 is 2.06 bits per heavy atom. The largest absolute Gasteiger partial charge is 0.308 e. The van der Waals surface area contributed by atoms with E-state index < -0.39 is 0 Å². The van der Waals surface area contributed by atoms with E-state index >= 15 is 0 Å². The summed E-state index contributed by atoms with van der Waals surface area (Å²) in [5.74, 6) is -0.0961. The number of rotatable bonds is 4. The molecule has 2 rings (SSSR count). The number of nitrogens with one attached hydrogen (secondary N) is 1. The van der Waals surface area contributed by atoms with Crippen molar-refractivity contribution < 1.29 is 4.39 Å². The fourth-order valence-corrected chi connectivity index (χ4v) is 2.25. The van der Waals surface area contributed by atoms with Crippen LogP contribution in [0.5, 0.6) is 0 Å². The first kappa shape index (κ1) is 11.3. The fraction of sp³-hybridized carbons (Fsp3) is 0.231. The summed E-state index contributed by atoms with van der Waals surface area (Å²) in [4.78, 5) is 1.27. The SMILES string of the molecule is Cc1cccc(CNCc2cccs2)c1F. The zero-order valence-corrected chi connectivity index (χ0v) is 9.98. The highest BCUT2D eigenvalue weighted by Crippen LogP contribution is 2.12. The van der Waals surface area contributed by atoms with Gasteiger partial charge in [-0.2, -0.15) is 0 Å². The molecule has 0 radical (unpaired) electrons. The molecule has 0 aliphatic heterocycles. The van der Waals surface area contributed by atoms with Crippen LogP contribution in [0.25, 0.3) is 0 Å². The smallest absolute Gasteiger partial charge is 0.130 e. The van der Waals surface area contributed by atoms with Crippen molar-refractivity contribution in [3.63, 3.8) is 0 Å². The molecule has 0 unspecified atom stereocenters. The van der Waals surface area contributed by atoms with E-state index in [4.69, 9.17) is 0 Å². The van der Waals surface area contributed by atoms with Crippen LogP contribution in [-0.4, -0.2) is 0 Å². The summed E-state index contributed by atoms with van der Waals surface area (Å²) < 4.78 is 13.6. The van der Waals surface area contributed by atoms with Gasteiger partial charge in [0.1, 0.15) is 5.82 Å². The van der Waals surface area contributed by atoms with Gasteiger partial charge in [-0.05, 0) is 23.9 Å². The number of hydrogen-bond donors (Lipinski definition) is 1. The second kappa shape index (κ2) is 5.23. The van der Waals surface area contributed by atoms with E-state index in [9.17, 15) is 4.39 Å². The quantitative estimate of drug-likeness (QED) is 0.855. The summed E-state index contributed by atoms with van der Waals surface area (Å²) >= 11 is 1.71. The first-order chi connectivity index (χ1) is 7.77. The molecule has 1 nitrogen and oxygen atoms in total. The standard InChI is InChI=1S/C13H14FNS/c1-10-4-2-5-11(13(10)14)8-15-9-12-6-3-7-16-12/h2-7,15H,8-9H2,1H3. The highest BCUT2D eigenvalue weighted by molar-refractivity contribution is 7.09. The molecule has 0 fully saturated rings. The van der Waals surface area contributed by atoms with Crippen molar-refractivity contribution in [3.05, 3.63) is 57.5 Å². The topological polar surface area (TPSA) is 12.0 Å². The number of hydrogen-bond acceptors (Lipinski definition) is 2. The maximum atomic E-state index is 13.6. The summed E-state index contributed by atoms with van der Waals surface area (Å²) in [5.41, 5.74) is 1.44. The molecule has 0 saturated carbocycles. The first-order valence-corrected chi connectivity index (χ1v) is 6.12.